The maximum absolute atomic E-state index is 12.0. The molecule has 0 aromatic carbocycles. The van der Waals surface area contributed by atoms with Gasteiger partial charge in [0.05, 0.1) is 44.2 Å². The van der Waals surface area contributed by atoms with Gasteiger partial charge in [0, 0.05) is 17.9 Å². The predicted molar refractivity (Wildman–Crippen MR) is 71.4 cm³/mol. The minimum atomic E-state index is -0.603. The molecule has 1 saturated heterocycles. The topological polar surface area (TPSA) is 88.1 Å². The van der Waals surface area contributed by atoms with Crippen LogP contribution in [-0.2, 0) is 33.3 Å². The molecule has 7 heteroatoms. The summed E-state index contributed by atoms with van der Waals surface area (Å²) < 4.78 is 20.1. The van der Waals surface area contributed by atoms with Crippen LogP contribution in [0.2, 0.25) is 0 Å². The van der Waals surface area contributed by atoms with Crippen molar-refractivity contribution < 1.29 is 33.3 Å². The van der Waals surface area contributed by atoms with E-state index in [1.807, 2.05) is 0 Å². The second-order valence-electron chi connectivity index (χ2n) is 5.24. The summed E-state index contributed by atoms with van der Waals surface area (Å²) in [5.74, 6) is -1.78. The highest BCUT2D eigenvalue weighted by molar-refractivity contribution is 6.04. The fourth-order valence-electron chi connectivity index (χ4n) is 3.37. The van der Waals surface area contributed by atoms with Crippen LogP contribution in [0.1, 0.15) is 6.92 Å². The first-order chi connectivity index (χ1) is 10.5. The molecule has 4 atom stereocenters. The van der Waals surface area contributed by atoms with Gasteiger partial charge in [0.1, 0.15) is 0 Å². The molecule has 0 N–H and O–H groups in total. The molecule has 1 unspecified atom stereocenters. The molecule has 0 spiro atoms. The lowest BCUT2D eigenvalue weighted by atomic mass is 9.92. The fraction of sp³-hybridized carbons (Fsp3) is 0.533. The van der Waals surface area contributed by atoms with Gasteiger partial charge in [-0.15, -0.1) is 0 Å². The van der Waals surface area contributed by atoms with Crippen molar-refractivity contribution in [2.24, 2.45) is 11.8 Å². The maximum Gasteiger partial charge on any atom is 0.337 e. The molecule has 1 saturated carbocycles. The Hall–Kier alpha value is -2.15. The lowest BCUT2D eigenvalue weighted by molar-refractivity contribution is -0.139. The summed E-state index contributed by atoms with van der Waals surface area (Å²) in [6.07, 6.45) is 0.311. The number of hydrogen-bond donors (Lipinski definition) is 0. The third-order valence-corrected chi connectivity index (χ3v) is 4.23. The highest BCUT2D eigenvalue weighted by atomic mass is 16.6. The van der Waals surface area contributed by atoms with Crippen LogP contribution in [0.15, 0.2) is 22.8 Å². The van der Waals surface area contributed by atoms with Gasteiger partial charge < -0.3 is 18.9 Å². The monoisotopic (exact) mass is 308 g/mol. The molecule has 0 radical (unpaired) electrons. The zero-order valence-electron chi connectivity index (χ0n) is 12.5. The highest BCUT2D eigenvalue weighted by Gasteiger charge is 2.69. The molecule has 2 bridgehead atoms. The number of ether oxygens (including phenoxy) is 4. The number of hydrogen-bond acceptors (Lipinski definition) is 7. The van der Waals surface area contributed by atoms with E-state index in [0.29, 0.717) is 6.61 Å². The van der Waals surface area contributed by atoms with Gasteiger partial charge in [0.15, 0.2) is 0 Å². The van der Waals surface area contributed by atoms with Crippen LogP contribution in [0.4, 0.5) is 0 Å². The molecule has 2 heterocycles. The Labute approximate surface area is 126 Å². The van der Waals surface area contributed by atoms with Crippen molar-refractivity contribution in [2.45, 2.75) is 19.1 Å². The number of esters is 3. The van der Waals surface area contributed by atoms with Gasteiger partial charge in [-0.25, -0.2) is 14.4 Å². The van der Waals surface area contributed by atoms with E-state index in [0.717, 1.165) is 5.57 Å². The SMILES string of the molecule is CCOC(=O)C=C1C2[C@@H]3O[C@@H](C(C(=O)OC)=C3C(=O)OC)[C@H]12. The van der Waals surface area contributed by atoms with Gasteiger partial charge in [0.25, 0.3) is 0 Å². The third-order valence-electron chi connectivity index (χ3n) is 4.23. The normalized spacial score (nSPS) is 32.8. The molecule has 0 amide bonds. The quantitative estimate of drug-likeness (QED) is 0.415. The molecule has 2 aliphatic heterocycles. The molecule has 3 rings (SSSR count). The first-order valence-corrected chi connectivity index (χ1v) is 6.99. The van der Waals surface area contributed by atoms with Crippen molar-refractivity contribution >= 4 is 17.9 Å². The summed E-state index contributed by atoms with van der Waals surface area (Å²) in [7, 11) is 2.49. The van der Waals surface area contributed by atoms with E-state index in [-0.39, 0.29) is 23.0 Å². The average molecular weight is 308 g/mol. The van der Waals surface area contributed by atoms with Crippen molar-refractivity contribution in [2.75, 3.05) is 20.8 Å². The van der Waals surface area contributed by atoms with E-state index in [4.69, 9.17) is 18.9 Å². The largest absolute Gasteiger partial charge is 0.466 e. The Balaban J connectivity index is 1.90. The van der Waals surface area contributed by atoms with Crippen molar-refractivity contribution in [3.05, 3.63) is 22.8 Å². The summed E-state index contributed by atoms with van der Waals surface area (Å²) in [4.78, 5) is 35.5. The molecule has 3 aliphatic rings. The molecule has 0 aromatic rings. The van der Waals surface area contributed by atoms with Crippen molar-refractivity contribution in [1.82, 2.24) is 0 Å². The number of carbonyl (C=O) groups excluding carboxylic acids is 3. The molecule has 7 nitrogen and oxygen atoms in total. The molecular formula is C15H16O7. The summed E-state index contributed by atoms with van der Waals surface area (Å²) in [5, 5.41) is 0. The van der Waals surface area contributed by atoms with Gasteiger partial charge in [-0.1, -0.05) is 0 Å². The number of fused-ring (bicyclic) bond motifs is 5. The predicted octanol–water partition coefficient (Wildman–Crippen LogP) is 0.145. The second kappa shape index (κ2) is 5.24. The van der Waals surface area contributed by atoms with E-state index in [9.17, 15) is 14.4 Å². The molecule has 1 aliphatic carbocycles. The van der Waals surface area contributed by atoms with Crippen molar-refractivity contribution in [3.63, 3.8) is 0 Å². The first-order valence-electron chi connectivity index (χ1n) is 6.99. The second-order valence-corrected chi connectivity index (χ2v) is 5.24. The summed E-state index contributed by atoms with van der Waals surface area (Å²) in [6, 6.07) is 0. The number of carbonyl (C=O) groups is 3. The zero-order chi connectivity index (χ0) is 16.0. The van der Waals surface area contributed by atoms with Crippen LogP contribution in [0.25, 0.3) is 0 Å². The van der Waals surface area contributed by atoms with E-state index in [1.54, 1.807) is 6.92 Å². The van der Waals surface area contributed by atoms with E-state index < -0.39 is 30.1 Å². The lowest BCUT2D eigenvalue weighted by Gasteiger charge is -2.12. The van der Waals surface area contributed by atoms with Gasteiger partial charge in [-0.05, 0) is 12.5 Å². The van der Waals surface area contributed by atoms with Crippen LogP contribution in [-0.4, -0.2) is 50.9 Å². The van der Waals surface area contributed by atoms with Crippen LogP contribution in [0.5, 0.6) is 0 Å². The van der Waals surface area contributed by atoms with Crippen LogP contribution < -0.4 is 0 Å². The Kier molecular flexibility index (Phi) is 3.52. The number of rotatable bonds is 4. The van der Waals surface area contributed by atoms with Crippen molar-refractivity contribution in [1.29, 1.82) is 0 Å². The first kappa shape index (κ1) is 14.8. The van der Waals surface area contributed by atoms with Gasteiger partial charge in [-0.3, -0.25) is 0 Å². The van der Waals surface area contributed by atoms with Gasteiger partial charge in [0.2, 0.25) is 0 Å². The Morgan fingerprint density at radius 2 is 1.55 bits per heavy atom. The summed E-state index contributed by atoms with van der Waals surface area (Å²) in [5.41, 5.74) is 1.25. The average Bonchev–Trinajstić information content (AvgIpc) is 2.92. The zero-order valence-corrected chi connectivity index (χ0v) is 12.5. The Morgan fingerprint density at radius 1 is 1.05 bits per heavy atom. The van der Waals surface area contributed by atoms with Gasteiger partial charge >= 0.3 is 17.9 Å². The lowest BCUT2D eigenvalue weighted by Crippen LogP contribution is -2.24. The molecule has 22 heavy (non-hydrogen) atoms. The van der Waals surface area contributed by atoms with Crippen molar-refractivity contribution in [3.8, 4) is 0 Å². The Morgan fingerprint density at radius 3 is 1.95 bits per heavy atom. The molecule has 118 valence electrons. The smallest absolute Gasteiger partial charge is 0.337 e. The fourth-order valence-corrected chi connectivity index (χ4v) is 3.37. The van der Waals surface area contributed by atoms with E-state index in [2.05, 4.69) is 0 Å². The minimum Gasteiger partial charge on any atom is -0.466 e. The van der Waals surface area contributed by atoms with Gasteiger partial charge in [-0.2, -0.15) is 0 Å². The molecule has 2 fully saturated rings. The highest BCUT2D eigenvalue weighted by Crippen LogP contribution is 2.64. The van der Waals surface area contributed by atoms with E-state index in [1.165, 1.54) is 20.3 Å². The van der Waals surface area contributed by atoms with Crippen LogP contribution in [0, 0.1) is 11.8 Å². The van der Waals surface area contributed by atoms with Crippen LogP contribution in [0.3, 0.4) is 0 Å². The van der Waals surface area contributed by atoms with E-state index >= 15 is 0 Å². The minimum absolute atomic E-state index is 0.0723. The van der Waals surface area contributed by atoms with Crippen LogP contribution >= 0.6 is 0 Å². The standard InChI is InChI=1S/C15H16O7/c1-4-21-7(16)5-6-8-9(6)13-11(15(18)20-3)10(12(8)22-13)14(17)19-2/h5,8-9,12-13H,4H2,1-3H3/t8-,9?,12-,13+/m1/s1. The molecule has 0 aromatic heterocycles. The number of methoxy groups -OCH3 is 2. The third kappa shape index (κ3) is 1.96. The Bertz CT molecular complexity index is 575. The molecular weight excluding hydrogens is 292 g/mol. The maximum atomic E-state index is 12.0. The summed E-state index contributed by atoms with van der Waals surface area (Å²) in [6.45, 7) is 2.02. The summed E-state index contributed by atoms with van der Waals surface area (Å²) >= 11 is 0.